The fraction of sp³-hybridized carbons (Fsp3) is 0.529. The zero-order valence-corrected chi connectivity index (χ0v) is 15.3. The fourth-order valence-corrected chi connectivity index (χ4v) is 3.61. The summed E-state index contributed by atoms with van der Waals surface area (Å²) in [4.78, 5) is 30.3. The molecule has 1 N–H and O–H groups in total. The minimum atomic E-state index is -0.146. The average molecular weight is 361 g/mol. The second kappa shape index (κ2) is 7.77. The third-order valence-corrected chi connectivity index (χ3v) is 4.97. The van der Waals surface area contributed by atoms with Gasteiger partial charge in [0.05, 0.1) is 11.6 Å². The van der Waals surface area contributed by atoms with E-state index in [2.05, 4.69) is 20.3 Å². The fourth-order valence-electron chi connectivity index (χ4n) is 3.08. The highest BCUT2D eigenvalue weighted by atomic mass is 32.1. The Morgan fingerprint density at radius 3 is 2.96 bits per heavy atom. The highest BCUT2D eigenvalue weighted by Gasteiger charge is 2.25. The van der Waals surface area contributed by atoms with Crippen LogP contribution in [0.2, 0.25) is 0 Å². The van der Waals surface area contributed by atoms with Crippen molar-refractivity contribution in [3.05, 3.63) is 39.1 Å². The van der Waals surface area contributed by atoms with Gasteiger partial charge in [0.25, 0.3) is 11.5 Å². The van der Waals surface area contributed by atoms with E-state index in [1.165, 1.54) is 16.0 Å². The summed E-state index contributed by atoms with van der Waals surface area (Å²) in [7, 11) is 0. The Balaban J connectivity index is 1.74. The lowest BCUT2D eigenvalue weighted by Gasteiger charge is -2.36. The highest BCUT2D eigenvalue weighted by Crippen LogP contribution is 2.22. The van der Waals surface area contributed by atoms with Crippen LogP contribution in [0.15, 0.2) is 27.8 Å². The number of aromatic nitrogens is 3. The first-order chi connectivity index (χ1) is 12.1. The van der Waals surface area contributed by atoms with Crippen LogP contribution in [0.25, 0.3) is 0 Å². The Kier molecular flexibility index (Phi) is 5.47. The monoisotopic (exact) mass is 361 g/mol. The largest absolute Gasteiger partial charge is 0.350 e. The van der Waals surface area contributed by atoms with Crippen LogP contribution in [0, 0.1) is 0 Å². The zero-order valence-electron chi connectivity index (χ0n) is 14.5. The lowest BCUT2D eigenvalue weighted by molar-refractivity contribution is 0.0945. The Bertz CT molecular complexity index is 772. The van der Waals surface area contributed by atoms with Crippen LogP contribution in [-0.4, -0.2) is 39.8 Å². The number of thiazole rings is 1. The van der Waals surface area contributed by atoms with Gasteiger partial charge < -0.3 is 10.2 Å². The van der Waals surface area contributed by atoms with E-state index >= 15 is 0 Å². The molecule has 1 amide bonds. The molecule has 8 heteroatoms. The molecule has 0 aliphatic carbocycles. The van der Waals surface area contributed by atoms with E-state index in [0.717, 1.165) is 31.6 Å². The van der Waals surface area contributed by atoms with Gasteiger partial charge in [-0.1, -0.05) is 0 Å². The lowest BCUT2D eigenvalue weighted by Crippen LogP contribution is -2.47. The van der Waals surface area contributed by atoms with Crippen molar-refractivity contribution < 1.29 is 4.79 Å². The summed E-state index contributed by atoms with van der Waals surface area (Å²) in [6.07, 6.45) is 3.19. The summed E-state index contributed by atoms with van der Waals surface area (Å²) in [6, 6.07) is 3.53. The van der Waals surface area contributed by atoms with Gasteiger partial charge in [0.15, 0.2) is 0 Å². The van der Waals surface area contributed by atoms with Crippen molar-refractivity contribution in [3.8, 4) is 0 Å². The molecule has 2 aromatic rings. The maximum absolute atomic E-state index is 12.1. The van der Waals surface area contributed by atoms with Crippen LogP contribution >= 0.6 is 11.3 Å². The van der Waals surface area contributed by atoms with E-state index in [4.69, 9.17) is 0 Å². The van der Waals surface area contributed by atoms with Crippen molar-refractivity contribution in [2.24, 2.45) is 0 Å². The number of amides is 1. The molecule has 0 bridgehead atoms. The Morgan fingerprint density at radius 2 is 2.24 bits per heavy atom. The Morgan fingerprint density at radius 1 is 1.40 bits per heavy atom. The van der Waals surface area contributed by atoms with Gasteiger partial charge in [0.2, 0.25) is 0 Å². The van der Waals surface area contributed by atoms with Gasteiger partial charge in [-0.15, -0.1) is 11.3 Å². The summed E-state index contributed by atoms with van der Waals surface area (Å²) in [5, 5.41) is 9.24. The van der Waals surface area contributed by atoms with Gasteiger partial charge in [-0.3, -0.25) is 9.59 Å². The molecule has 25 heavy (non-hydrogen) atoms. The second-order valence-electron chi connectivity index (χ2n) is 6.49. The molecule has 0 saturated carbocycles. The first-order valence-corrected chi connectivity index (χ1v) is 9.53. The molecule has 1 aliphatic heterocycles. The second-order valence-corrected chi connectivity index (χ2v) is 7.21. The quantitative estimate of drug-likeness (QED) is 0.882. The van der Waals surface area contributed by atoms with Crippen molar-refractivity contribution >= 4 is 23.1 Å². The average Bonchev–Trinajstić information content (AvgIpc) is 3.15. The third kappa shape index (κ3) is 4.07. The third-order valence-electron chi connectivity index (χ3n) is 4.38. The standard InChI is InChI=1S/C17H23N5O2S/c1-12(2)22-16(23)7-6-15(20-22)21-8-4-3-5-13(21)9-18-17(24)14-10-25-11-19-14/h6-7,10-13H,3-5,8-9H2,1-2H3,(H,18,24). The van der Waals surface area contributed by atoms with Gasteiger partial charge in [0, 0.05) is 30.6 Å². The van der Waals surface area contributed by atoms with E-state index in [9.17, 15) is 9.59 Å². The van der Waals surface area contributed by atoms with E-state index in [1.807, 2.05) is 13.8 Å². The number of nitrogens with zero attached hydrogens (tertiary/aromatic N) is 4. The van der Waals surface area contributed by atoms with E-state index in [1.54, 1.807) is 23.0 Å². The van der Waals surface area contributed by atoms with Crippen molar-refractivity contribution in [3.63, 3.8) is 0 Å². The molecule has 1 aliphatic rings. The highest BCUT2D eigenvalue weighted by molar-refractivity contribution is 7.07. The summed E-state index contributed by atoms with van der Waals surface area (Å²) in [5.74, 6) is 0.646. The number of piperidine rings is 1. The number of nitrogens with one attached hydrogen (secondary N) is 1. The molecule has 1 unspecified atom stereocenters. The lowest BCUT2D eigenvalue weighted by atomic mass is 10.0. The topological polar surface area (TPSA) is 80.1 Å². The molecule has 2 aromatic heterocycles. The summed E-state index contributed by atoms with van der Waals surface area (Å²) in [6.45, 7) is 5.30. The van der Waals surface area contributed by atoms with Gasteiger partial charge in [0.1, 0.15) is 11.5 Å². The molecule has 1 saturated heterocycles. The predicted molar refractivity (Wildman–Crippen MR) is 98.3 cm³/mol. The number of carbonyl (C=O) groups excluding carboxylic acids is 1. The van der Waals surface area contributed by atoms with E-state index < -0.39 is 0 Å². The molecule has 0 spiro atoms. The molecule has 3 heterocycles. The van der Waals surface area contributed by atoms with Crippen molar-refractivity contribution in [1.29, 1.82) is 0 Å². The SMILES string of the molecule is CC(C)n1nc(N2CCCCC2CNC(=O)c2cscn2)ccc1=O. The number of anilines is 1. The van der Waals surface area contributed by atoms with Crippen LogP contribution < -0.4 is 15.8 Å². The van der Waals surface area contributed by atoms with Gasteiger partial charge in [-0.2, -0.15) is 5.10 Å². The molecule has 7 nitrogen and oxygen atoms in total. The summed E-state index contributed by atoms with van der Waals surface area (Å²) < 4.78 is 1.51. The maximum Gasteiger partial charge on any atom is 0.270 e. The van der Waals surface area contributed by atoms with Crippen molar-refractivity contribution in [2.45, 2.75) is 45.2 Å². The smallest absolute Gasteiger partial charge is 0.270 e. The molecule has 1 fully saturated rings. The number of hydrogen-bond donors (Lipinski definition) is 1. The summed E-state index contributed by atoms with van der Waals surface area (Å²) in [5.41, 5.74) is 2.02. The molecule has 0 radical (unpaired) electrons. The van der Waals surface area contributed by atoms with Crippen LogP contribution in [-0.2, 0) is 0 Å². The number of hydrogen-bond acceptors (Lipinski definition) is 6. The van der Waals surface area contributed by atoms with Gasteiger partial charge in [-0.25, -0.2) is 9.67 Å². The Labute approximate surface area is 150 Å². The molecule has 3 rings (SSSR count). The van der Waals surface area contributed by atoms with Crippen molar-refractivity contribution in [1.82, 2.24) is 20.1 Å². The number of rotatable bonds is 5. The predicted octanol–water partition coefficient (Wildman–Crippen LogP) is 2.07. The van der Waals surface area contributed by atoms with Crippen LogP contribution in [0.4, 0.5) is 5.82 Å². The van der Waals surface area contributed by atoms with Crippen LogP contribution in [0.1, 0.15) is 49.6 Å². The number of carbonyl (C=O) groups is 1. The van der Waals surface area contributed by atoms with Gasteiger partial charge >= 0.3 is 0 Å². The van der Waals surface area contributed by atoms with Crippen LogP contribution in [0.3, 0.4) is 0 Å². The summed E-state index contributed by atoms with van der Waals surface area (Å²) >= 11 is 1.41. The van der Waals surface area contributed by atoms with E-state index in [-0.39, 0.29) is 23.6 Å². The molecule has 1 atom stereocenters. The molecule has 0 aromatic carbocycles. The molecular formula is C17H23N5O2S. The minimum absolute atomic E-state index is 0.0139. The molecule has 134 valence electrons. The van der Waals surface area contributed by atoms with Gasteiger partial charge in [-0.05, 0) is 39.2 Å². The maximum atomic E-state index is 12.1. The zero-order chi connectivity index (χ0) is 17.8. The Hall–Kier alpha value is -2.22. The van der Waals surface area contributed by atoms with Crippen molar-refractivity contribution in [2.75, 3.05) is 18.0 Å². The first kappa shape index (κ1) is 17.6. The minimum Gasteiger partial charge on any atom is -0.350 e. The normalized spacial score (nSPS) is 17.7. The molecular weight excluding hydrogens is 338 g/mol. The first-order valence-electron chi connectivity index (χ1n) is 8.59. The van der Waals surface area contributed by atoms with Crippen LogP contribution in [0.5, 0.6) is 0 Å². The van der Waals surface area contributed by atoms with E-state index in [0.29, 0.717) is 12.2 Å².